The van der Waals surface area contributed by atoms with E-state index in [-0.39, 0.29) is 39.3 Å². The minimum atomic E-state index is -3.64. The van der Waals surface area contributed by atoms with Crippen molar-refractivity contribution in [2.24, 2.45) is 0 Å². The number of sulfone groups is 1. The Morgan fingerprint density at radius 2 is 2.07 bits per heavy atom. The number of ether oxygens (including phenoxy) is 1. The number of nitrogens with one attached hydrogen (secondary N) is 1. The van der Waals surface area contributed by atoms with Crippen LogP contribution in [0.25, 0.3) is 11.1 Å². The molecule has 10 nitrogen and oxygen atoms in total. The van der Waals surface area contributed by atoms with Crippen molar-refractivity contribution in [2.75, 3.05) is 43.6 Å². The van der Waals surface area contributed by atoms with E-state index in [9.17, 15) is 21.6 Å². The summed E-state index contributed by atoms with van der Waals surface area (Å²) >= 11 is 1.06. The second-order valence-corrected chi connectivity index (χ2v) is 12.2. The molecule has 0 saturated carbocycles. The fraction of sp³-hybridized carbons (Fsp3) is 0.529. The molecule has 30 heavy (non-hydrogen) atoms. The van der Waals surface area contributed by atoms with Gasteiger partial charge in [-0.25, -0.2) is 21.8 Å². The van der Waals surface area contributed by atoms with Crippen LogP contribution in [0.15, 0.2) is 32.7 Å². The Hall–Kier alpha value is -1.67. The van der Waals surface area contributed by atoms with Gasteiger partial charge in [0.05, 0.1) is 35.4 Å². The second-order valence-electron chi connectivity index (χ2n) is 7.08. The van der Waals surface area contributed by atoms with E-state index in [4.69, 9.17) is 9.15 Å². The summed E-state index contributed by atoms with van der Waals surface area (Å²) < 4.78 is 60.6. The molecule has 2 aliphatic rings. The maximum atomic E-state index is 12.8. The number of thioether (sulfide) groups is 1. The molecule has 0 spiro atoms. The summed E-state index contributed by atoms with van der Waals surface area (Å²) in [6, 6.07) is 4.11. The minimum absolute atomic E-state index is 0.0162. The second kappa shape index (κ2) is 8.46. The van der Waals surface area contributed by atoms with Gasteiger partial charge >= 0.3 is 0 Å². The van der Waals surface area contributed by atoms with Gasteiger partial charge in [-0.15, -0.1) is 0 Å². The summed E-state index contributed by atoms with van der Waals surface area (Å²) in [4.78, 5) is 16.5. The monoisotopic (exact) mass is 475 g/mol. The van der Waals surface area contributed by atoms with Gasteiger partial charge < -0.3 is 14.5 Å². The Morgan fingerprint density at radius 3 is 2.77 bits per heavy atom. The quantitative estimate of drug-likeness (QED) is 0.583. The maximum Gasteiger partial charge on any atom is 0.257 e. The lowest BCUT2D eigenvalue weighted by molar-refractivity contribution is -0.119. The van der Waals surface area contributed by atoms with Gasteiger partial charge in [0.25, 0.3) is 5.22 Å². The van der Waals surface area contributed by atoms with Crippen LogP contribution in [0.1, 0.15) is 6.42 Å². The number of carbonyl (C=O) groups excluding carboxylic acids is 1. The van der Waals surface area contributed by atoms with Gasteiger partial charge in [0.1, 0.15) is 5.52 Å². The summed E-state index contributed by atoms with van der Waals surface area (Å²) in [5.41, 5.74) is 0.801. The molecule has 1 aromatic heterocycles. The van der Waals surface area contributed by atoms with Crippen molar-refractivity contribution < 1.29 is 30.8 Å². The highest BCUT2D eigenvalue weighted by Gasteiger charge is 2.29. The number of hydrogen-bond donors (Lipinski definition) is 1. The lowest BCUT2D eigenvalue weighted by atomic mass is 10.3. The van der Waals surface area contributed by atoms with Gasteiger partial charge in [-0.1, -0.05) is 11.8 Å². The summed E-state index contributed by atoms with van der Waals surface area (Å²) in [5.74, 6) is -0.235. The van der Waals surface area contributed by atoms with Crippen molar-refractivity contribution >= 4 is 48.6 Å². The molecule has 1 N–H and O–H groups in total. The molecule has 2 aromatic rings. The molecule has 3 heterocycles. The van der Waals surface area contributed by atoms with E-state index in [1.165, 1.54) is 16.4 Å². The predicted molar refractivity (Wildman–Crippen MR) is 110 cm³/mol. The number of aromatic nitrogens is 1. The van der Waals surface area contributed by atoms with Gasteiger partial charge in [-0.05, 0) is 24.6 Å². The number of benzene rings is 1. The number of morpholine rings is 1. The van der Waals surface area contributed by atoms with Crippen LogP contribution in [-0.2, 0) is 29.4 Å². The van der Waals surface area contributed by atoms with Crippen LogP contribution in [-0.4, -0.2) is 81.6 Å². The van der Waals surface area contributed by atoms with E-state index in [1.807, 2.05) is 0 Å². The molecular weight excluding hydrogens is 454 g/mol. The molecule has 0 aliphatic carbocycles. The Kier molecular flexibility index (Phi) is 6.08. The number of amides is 1. The first-order valence-corrected chi connectivity index (χ1v) is 13.6. The third-order valence-electron chi connectivity index (χ3n) is 4.87. The fourth-order valence-corrected chi connectivity index (χ4v) is 7.10. The molecule has 0 bridgehead atoms. The van der Waals surface area contributed by atoms with E-state index >= 15 is 0 Å². The minimum Gasteiger partial charge on any atom is -0.431 e. The number of nitrogens with zero attached hydrogens (tertiary/aromatic N) is 2. The van der Waals surface area contributed by atoms with Gasteiger partial charge in [0.15, 0.2) is 15.4 Å². The van der Waals surface area contributed by atoms with Crippen LogP contribution in [0.4, 0.5) is 0 Å². The number of sulfonamides is 1. The van der Waals surface area contributed by atoms with Crippen molar-refractivity contribution in [3.63, 3.8) is 0 Å². The molecule has 2 saturated heterocycles. The van der Waals surface area contributed by atoms with Crippen molar-refractivity contribution in [3.8, 4) is 0 Å². The molecular formula is C17H21N3O7S3. The number of carbonyl (C=O) groups is 1. The summed E-state index contributed by atoms with van der Waals surface area (Å²) in [7, 11) is -6.70. The zero-order valence-corrected chi connectivity index (χ0v) is 18.4. The number of hydrogen-bond acceptors (Lipinski definition) is 9. The van der Waals surface area contributed by atoms with Crippen molar-refractivity contribution in [2.45, 2.75) is 22.6 Å². The Morgan fingerprint density at radius 1 is 1.30 bits per heavy atom. The van der Waals surface area contributed by atoms with Crippen LogP contribution >= 0.6 is 11.8 Å². The summed E-state index contributed by atoms with van der Waals surface area (Å²) in [5, 5.41) is 2.94. The molecule has 164 valence electrons. The highest BCUT2D eigenvalue weighted by atomic mass is 32.2. The van der Waals surface area contributed by atoms with Gasteiger partial charge in [-0.2, -0.15) is 4.31 Å². The van der Waals surface area contributed by atoms with E-state index in [0.29, 0.717) is 43.8 Å². The van der Waals surface area contributed by atoms with Crippen molar-refractivity contribution in [1.82, 2.24) is 14.6 Å². The average Bonchev–Trinajstić information content (AvgIpc) is 3.28. The summed E-state index contributed by atoms with van der Waals surface area (Å²) in [6.45, 7) is 1.33. The van der Waals surface area contributed by atoms with E-state index in [0.717, 1.165) is 11.8 Å². The third kappa shape index (κ3) is 4.80. The topological polar surface area (TPSA) is 136 Å². The average molecular weight is 476 g/mol. The van der Waals surface area contributed by atoms with Crippen molar-refractivity contribution in [3.05, 3.63) is 18.2 Å². The zero-order chi connectivity index (χ0) is 21.4. The number of oxazole rings is 1. The van der Waals surface area contributed by atoms with Crippen LogP contribution in [0.2, 0.25) is 0 Å². The summed E-state index contributed by atoms with van der Waals surface area (Å²) in [6.07, 6.45) is 0.419. The van der Waals surface area contributed by atoms with Crippen molar-refractivity contribution in [1.29, 1.82) is 0 Å². The van der Waals surface area contributed by atoms with E-state index in [2.05, 4.69) is 10.3 Å². The fourth-order valence-electron chi connectivity index (χ4n) is 3.35. The normalized spacial score (nSPS) is 22.3. The standard InChI is InChI=1S/C17H21N3O7S3/c21-16(18-12-3-8-29(22,23)11-12)10-28-17-19-14-9-13(1-2-15(14)27-17)30(24,25)20-4-6-26-7-5-20/h1-2,9,12H,3-8,10-11H2,(H,18,21)/t12-/m0/s1. The van der Waals surface area contributed by atoms with Gasteiger partial charge in [-0.3, -0.25) is 4.79 Å². The highest BCUT2D eigenvalue weighted by Crippen LogP contribution is 2.27. The first kappa shape index (κ1) is 21.6. The Labute approximate surface area is 178 Å². The Balaban J connectivity index is 1.40. The number of fused-ring (bicyclic) bond motifs is 1. The highest BCUT2D eigenvalue weighted by molar-refractivity contribution is 7.99. The van der Waals surface area contributed by atoms with E-state index < -0.39 is 19.9 Å². The smallest absolute Gasteiger partial charge is 0.257 e. The van der Waals surface area contributed by atoms with Crippen LogP contribution in [0, 0.1) is 0 Å². The first-order chi connectivity index (χ1) is 14.2. The first-order valence-electron chi connectivity index (χ1n) is 9.34. The lowest BCUT2D eigenvalue weighted by Gasteiger charge is -2.25. The lowest BCUT2D eigenvalue weighted by Crippen LogP contribution is -2.40. The molecule has 1 atom stereocenters. The SMILES string of the molecule is O=C(CSc1nc2cc(S(=O)(=O)N3CCOCC3)ccc2o1)N[C@H]1CCS(=O)(=O)C1. The molecule has 0 unspecified atom stereocenters. The molecule has 0 radical (unpaired) electrons. The molecule has 1 amide bonds. The van der Waals surface area contributed by atoms with E-state index in [1.54, 1.807) is 6.07 Å². The Bertz CT molecular complexity index is 1150. The maximum absolute atomic E-state index is 12.8. The van der Waals surface area contributed by atoms with Gasteiger partial charge in [0, 0.05) is 19.1 Å². The van der Waals surface area contributed by atoms with Crippen LogP contribution in [0.3, 0.4) is 0 Å². The van der Waals surface area contributed by atoms with Crippen LogP contribution < -0.4 is 5.32 Å². The van der Waals surface area contributed by atoms with Crippen LogP contribution in [0.5, 0.6) is 0 Å². The molecule has 2 aliphatic heterocycles. The van der Waals surface area contributed by atoms with Gasteiger partial charge in [0.2, 0.25) is 15.9 Å². The molecule has 13 heteroatoms. The number of rotatable bonds is 6. The predicted octanol–water partition coefficient (Wildman–Crippen LogP) is 0.244. The zero-order valence-electron chi connectivity index (χ0n) is 15.9. The third-order valence-corrected chi connectivity index (χ3v) is 9.36. The molecule has 2 fully saturated rings. The largest absolute Gasteiger partial charge is 0.431 e. The molecule has 1 aromatic carbocycles. The molecule has 4 rings (SSSR count).